The Kier molecular flexibility index (Phi) is 4.03. The third kappa shape index (κ3) is 3.37. The highest BCUT2D eigenvalue weighted by atomic mass is 32.2. The summed E-state index contributed by atoms with van der Waals surface area (Å²) in [6.45, 7) is 1.17. The van der Waals surface area contributed by atoms with Crippen LogP contribution in [0.5, 0.6) is 11.5 Å². The average Bonchev–Trinajstić information content (AvgIpc) is 3.27. The van der Waals surface area contributed by atoms with Gasteiger partial charge in [-0.1, -0.05) is 0 Å². The van der Waals surface area contributed by atoms with Crippen molar-refractivity contribution in [2.24, 2.45) is 5.73 Å². The number of ether oxygens (including phenoxy) is 2. The smallest absolute Gasteiger partial charge is 0.235 e. The number of benzene rings is 1. The highest BCUT2D eigenvalue weighted by Gasteiger charge is 2.27. The number of amides is 1. The molecule has 1 heterocycles. The largest absolute Gasteiger partial charge is 0.486 e. The van der Waals surface area contributed by atoms with Crippen LogP contribution in [-0.2, 0) is 4.79 Å². The van der Waals surface area contributed by atoms with E-state index >= 15 is 0 Å². The summed E-state index contributed by atoms with van der Waals surface area (Å²) in [5.74, 6) is 1.89. The van der Waals surface area contributed by atoms with Gasteiger partial charge in [0.1, 0.15) is 13.2 Å². The molecule has 0 aromatic heterocycles. The maximum Gasteiger partial charge on any atom is 0.235 e. The monoisotopic (exact) mass is 294 g/mol. The van der Waals surface area contributed by atoms with Gasteiger partial charge in [0.2, 0.25) is 5.91 Å². The van der Waals surface area contributed by atoms with E-state index in [-0.39, 0.29) is 11.9 Å². The number of carbonyl (C=O) groups is 1. The van der Waals surface area contributed by atoms with E-state index in [0.717, 1.165) is 29.2 Å². The SMILES string of the molecule is NC(=O)C(CSc1ccc2c(c1)OCCO2)NC1CC1. The van der Waals surface area contributed by atoms with Crippen molar-refractivity contribution in [3.05, 3.63) is 18.2 Å². The Balaban J connectivity index is 1.60. The number of hydrogen-bond donors (Lipinski definition) is 2. The Morgan fingerprint density at radius 2 is 2.10 bits per heavy atom. The molecule has 20 heavy (non-hydrogen) atoms. The van der Waals surface area contributed by atoms with E-state index in [1.165, 1.54) is 0 Å². The van der Waals surface area contributed by atoms with Crippen molar-refractivity contribution >= 4 is 17.7 Å². The summed E-state index contributed by atoms with van der Waals surface area (Å²) in [7, 11) is 0. The van der Waals surface area contributed by atoms with E-state index < -0.39 is 0 Å². The highest BCUT2D eigenvalue weighted by molar-refractivity contribution is 7.99. The van der Waals surface area contributed by atoms with Crippen molar-refractivity contribution in [1.82, 2.24) is 5.32 Å². The van der Waals surface area contributed by atoms with Crippen molar-refractivity contribution in [2.75, 3.05) is 19.0 Å². The van der Waals surface area contributed by atoms with Crippen LogP contribution in [0.1, 0.15) is 12.8 Å². The van der Waals surface area contributed by atoms with Crippen molar-refractivity contribution in [3.8, 4) is 11.5 Å². The third-order valence-corrected chi connectivity index (χ3v) is 4.38. The van der Waals surface area contributed by atoms with Crippen molar-refractivity contribution in [1.29, 1.82) is 0 Å². The van der Waals surface area contributed by atoms with Gasteiger partial charge in [0.05, 0.1) is 6.04 Å². The third-order valence-electron chi connectivity index (χ3n) is 3.29. The van der Waals surface area contributed by atoms with E-state index in [9.17, 15) is 4.79 Å². The lowest BCUT2D eigenvalue weighted by Crippen LogP contribution is -2.44. The molecular formula is C14H18N2O3S. The molecule has 1 unspecified atom stereocenters. The van der Waals surface area contributed by atoms with E-state index in [2.05, 4.69) is 5.32 Å². The van der Waals surface area contributed by atoms with E-state index in [0.29, 0.717) is 25.0 Å². The minimum Gasteiger partial charge on any atom is -0.486 e. The Bertz CT molecular complexity index is 505. The number of carbonyl (C=O) groups excluding carboxylic acids is 1. The summed E-state index contributed by atoms with van der Waals surface area (Å²) in [5.41, 5.74) is 5.43. The standard InChI is InChI=1S/C14H18N2O3S/c15-14(17)11(16-9-1-2-9)8-20-10-3-4-12-13(7-10)19-6-5-18-12/h3-4,7,9,11,16H,1-2,5-6,8H2,(H2,15,17). The first kappa shape index (κ1) is 13.6. The Labute approximate surface area is 122 Å². The molecule has 1 atom stereocenters. The molecule has 6 heteroatoms. The van der Waals surface area contributed by atoms with Crippen LogP contribution in [-0.4, -0.2) is 37.0 Å². The van der Waals surface area contributed by atoms with Gasteiger partial charge in [0.25, 0.3) is 0 Å². The molecule has 1 amide bonds. The van der Waals surface area contributed by atoms with Crippen molar-refractivity contribution in [2.45, 2.75) is 29.8 Å². The summed E-state index contributed by atoms with van der Waals surface area (Å²) in [4.78, 5) is 12.5. The number of rotatable bonds is 6. The summed E-state index contributed by atoms with van der Waals surface area (Å²) in [6.07, 6.45) is 2.27. The average molecular weight is 294 g/mol. The number of thioether (sulfide) groups is 1. The zero-order chi connectivity index (χ0) is 13.9. The van der Waals surface area contributed by atoms with Crippen LogP contribution in [0.2, 0.25) is 0 Å². The van der Waals surface area contributed by atoms with E-state index in [4.69, 9.17) is 15.2 Å². The molecule has 1 saturated carbocycles. The molecule has 0 bridgehead atoms. The van der Waals surface area contributed by atoms with Crippen LogP contribution in [0.15, 0.2) is 23.1 Å². The fraction of sp³-hybridized carbons (Fsp3) is 0.500. The Hall–Kier alpha value is -1.40. The Morgan fingerprint density at radius 1 is 1.35 bits per heavy atom. The van der Waals surface area contributed by atoms with Gasteiger partial charge in [-0.3, -0.25) is 4.79 Å². The predicted octanol–water partition coefficient (Wildman–Crippen LogP) is 1.16. The molecule has 1 aliphatic carbocycles. The number of fused-ring (bicyclic) bond motifs is 1. The molecule has 3 N–H and O–H groups in total. The number of hydrogen-bond acceptors (Lipinski definition) is 5. The van der Waals surface area contributed by atoms with Gasteiger partial charge < -0.3 is 20.5 Å². The topological polar surface area (TPSA) is 73.6 Å². The summed E-state index contributed by atoms with van der Waals surface area (Å²) >= 11 is 1.60. The van der Waals surface area contributed by atoms with Crippen LogP contribution < -0.4 is 20.5 Å². The molecule has 108 valence electrons. The molecule has 5 nitrogen and oxygen atoms in total. The van der Waals surface area contributed by atoms with Crippen LogP contribution in [0.4, 0.5) is 0 Å². The molecule has 0 spiro atoms. The van der Waals surface area contributed by atoms with Crippen LogP contribution in [0, 0.1) is 0 Å². The normalized spacial score (nSPS) is 18.6. The summed E-state index contributed by atoms with van der Waals surface area (Å²) in [5, 5.41) is 3.27. The number of nitrogens with one attached hydrogen (secondary N) is 1. The van der Waals surface area contributed by atoms with Crippen LogP contribution in [0.3, 0.4) is 0 Å². The minimum absolute atomic E-state index is 0.277. The first-order chi connectivity index (χ1) is 9.72. The van der Waals surface area contributed by atoms with E-state index in [1.807, 2.05) is 18.2 Å². The van der Waals surface area contributed by atoms with Crippen LogP contribution in [0.25, 0.3) is 0 Å². The summed E-state index contributed by atoms with van der Waals surface area (Å²) in [6, 6.07) is 6.03. The minimum atomic E-state index is -0.290. The molecule has 2 aliphatic rings. The van der Waals surface area contributed by atoms with Crippen molar-refractivity contribution < 1.29 is 14.3 Å². The zero-order valence-corrected chi connectivity index (χ0v) is 11.9. The van der Waals surface area contributed by atoms with Gasteiger partial charge in [0, 0.05) is 16.7 Å². The highest BCUT2D eigenvalue weighted by Crippen LogP contribution is 2.34. The maximum absolute atomic E-state index is 11.4. The first-order valence-electron chi connectivity index (χ1n) is 6.80. The molecule has 1 fully saturated rings. The molecule has 1 aliphatic heterocycles. The van der Waals surface area contributed by atoms with Gasteiger partial charge in [-0.05, 0) is 31.0 Å². The Morgan fingerprint density at radius 3 is 2.80 bits per heavy atom. The van der Waals surface area contributed by atoms with Gasteiger partial charge in [-0.15, -0.1) is 11.8 Å². The molecular weight excluding hydrogens is 276 g/mol. The second kappa shape index (κ2) is 5.93. The molecule has 1 aromatic carbocycles. The molecule has 3 rings (SSSR count). The van der Waals surface area contributed by atoms with Crippen molar-refractivity contribution in [3.63, 3.8) is 0 Å². The lowest BCUT2D eigenvalue weighted by molar-refractivity contribution is -0.119. The van der Waals surface area contributed by atoms with Gasteiger partial charge >= 0.3 is 0 Å². The predicted molar refractivity (Wildman–Crippen MR) is 77.3 cm³/mol. The molecule has 1 aromatic rings. The first-order valence-corrected chi connectivity index (χ1v) is 7.79. The molecule has 0 saturated heterocycles. The number of nitrogens with two attached hydrogens (primary N) is 1. The summed E-state index contributed by atoms with van der Waals surface area (Å²) < 4.78 is 11.0. The lowest BCUT2D eigenvalue weighted by atomic mass is 10.3. The second-order valence-electron chi connectivity index (χ2n) is 5.01. The number of primary amides is 1. The fourth-order valence-corrected chi connectivity index (χ4v) is 3.01. The van der Waals surface area contributed by atoms with E-state index in [1.54, 1.807) is 11.8 Å². The maximum atomic E-state index is 11.4. The van der Waals surface area contributed by atoms with Gasteiger partial charge in [-0.2, -0.15) is 0 Å². The quantitative estimate of drug-likeness (QED) is 0.770. The zero-order valence-electron chi connectivity index (χ0n) is 11.1. The lowest BCUT2D eigenvalue weighted by Gasteiger charge is -2.19. The van der Waals surface area contributed by atoms with Gasteiger partial charge in [0.15, 0.2) is 11.5 Å². The van der Waals surface area contributed by atoms with Crippen LogP contribution >= 0.6 is 11.8 Å². The second-order valence-corrected chi connectivity index (χ2v) is 6.11. The molecule has 0 radical (unpaired) electrons. The fourth-order valence-electron chi connectivity index (χ4n) is 2.04. The van der Waals surface area contributed by atoms with Gasteiger partial charge in [-0.25, -0.2) is 0 Å².